The number of hydrogen-bond acceptors (Lipinski definition) is 9. The molecule has 11 nitrogen and oxygen atoms in total. The summed E-state index contributed by atoms with van der Waals surface area (Å²) in [6.07, 6.45) is 2.13. The predicted octanol–water partition coefficient (Wildman–Crippen LogP) is 7.76. The van der Waals surface area contributed by atoms with E-state index in [-0.39, 0.29) is 35.2 Å². The number of nitrogens with zero attached hydrogens (tertiary/aromatic N) is 1. The van der Waals surface area contributed by atoms with E-state index < -0.39 is 17.8 Å². The van der Waals surface area contributed by atoms with Gasteiger partial charge in [-0.3, -0.25) is 14.9 Å². The van der Waals surface area contributed by atoms with Crippen molar-refractivity contribution in [3.05, 3.63) is 106 Å². The predicted molar refractivity (Wildman–Crippen MR) is 193 cm³/mol. The highest BCUT2D eigenvalue weighted by Crippen LogP contribution is 2.39. The molecule has 266 valence electrons. The third-order valence-electron chi connectivity index (χ3n) is 7.54. The van der Waals surface area contributed by atoms with E-state index in [2.05, 4.69) is 5.32 Å². The molecule has 1 aliphatic rings. The molecule has 1 aliphatic heterocycles. The average Bonchev–Trinajstić information content (AvgIpc) is 3.12. The molecule has 51 heavy (non-hydrogen) atoms. The minimum absolute atomic E-state index is 0.125. The standard InChI is InChI=1S/C39H39ClN2O9/c1-5-17-49-32-16-14-28(22-34(32)47-6-2)42-38(44)29(37(43)41-39(42)45)18-27-19-30(40)36(35(21-27)48-7-3)51-24-26-13-15-31(33(20-26)46-4)50-23-25-11-9-8-10-12-25/h8-16,18-22H,5-7,17,23-24H2,1-4H3,(H,41,43,45)/b29-18+. The Morgan fingerprint density at radius 1 is 0.706 bits per heavy atom. The van der Waals surface area contributed by atoms with Crippen molar-refractivity contribution >= 4 is 41.2 Å². The van der Waals surface area contributed by atoms with Crippen LogP contribution in [-0.4, -0.2) is 44.8 Å². The number of anilines is 1. The van der Waals surface area contributed by atoms with Gasteiger partial charge >= 0.3 is 6.03 Å². The van der Waals surface area contributed by atoms with Gasteiger partial charge in [0.15, 0.2) is 34.5 Å². The van der Waals surface area contributed by atoms with E-state index in [1.165, 1.54) is 12.1 Å². The molecule has 1 heterocycles. The van der Waals surface area contributed by atoms with Gasteiger partial charge in [0.1, 0.15) is 18.8 Å². The topological polar surface area (TPSA) is 122 Å². The first-order valence-corrected chi connectivity index (χ1v) is 16.9. The molecule has 1 N–H and O–H groups in total. The van der Waals surface area contributed by atoms with Crippen molar-refractivity contribution in [3.63, 3.8) is 0 Å². The lowest BCUT2D eigenvalue weighted by atomic mass is 10.1. The lowest BCUT2D eigenvalue weighted by Crippen LogP contribution is -2.54. The summed E-state index contributed by atoms with van der Waals surface area (Å²) in [6.45, 7) is 7.19. The minimum atomic E-state index is -0.893. The van der Waals surface area contributed by atoms with E-state index >= 15 is 0 Å². The maximum absolute atomic E-state index is 13.7. The molecule has 12 heteroatoms. The highest BCUT2D eigenvalue weighted by Gasteiger charge is 2.37. The summed E-state index contributed by atoms with van der Waals surface area (Å²) >= 11 is 6.70. The Bertz CT molecular complexity index is 1910. The van der Waals surface area contributed by atoms with Gasteiger partial charge in [0.05, 0.1) is 37.6 Å². The Balaban J connectivity index is 1.36. The molecule has 0 saturated carbocycles. The van der Waals surface area contributed by atoms with E-state index in [1.807, 2.05) is 62.4 Å². The first kappa shape index (κ1) is 36.6. The zero-order valence-electron chi connectivity index (χ0n) is 28.8. The number of carbonyl (C=O) groups is 3. The summed E-state index contributed by atoms with van der Waals surface area (Å²) < 4.78 is 34.9. The fourth-order valence-corrected chi connectivity index (χ4v) is 5.45. The van der Waals surface area contributed by atoms with E-state index in [0.717, 1.165) is 22.4 Å². The molecule has 0 bridgehead atoms. The number of carbonyl (C=O) groups excluding carboxylic acids is 3. The van der Waals surface area contributed by atoms with Crippen molar-refractivity contribution < 1.29 is 42.8 Å². The summed E-state index contributed by atoms with van der Waals surface area (Å²) in [4.78, 5) is 40.4. The Morgan fingerprint density at radius 3 is 2.14 bits per heavy atom. The van der Waals surface area contributed by atoms with Gasteiger partial charge in [-0.05, 0) is 79.4 Å². The second kappa shape index (κ2) is 17.3. The second-order valence-corrected chi connectivity index (χ2v) is 11.6. The Kier molecular flexibility index (Phi) is 12.4. The molecular weight excluding hydrogens is 676 g/mol. The lowest BCUT2D eigenvalue weighted by molar-refractivity contribution is -0.122. The Labute approximate surface area is 301 Å². The number of amides is 4. The van der Waals surface area contributed by atoms with Gasteiger partial charge in [-0.15, -0.1) is 0 Å². The number of benzene rings is 4. The van der Waals surface area contributed by atoms with Crippen LogP contribution < -0.4 is 38.6 Å². The summed E-state index contributed by atoms with van der Waals surface area (Å²) in [6, 6.07) is 22.3. The maximum atomic E-state index is 13.7. The number of urea groups is 1. The molecule has 1 saturated heterocycles. The van der Waals surface area contributed by atoms with Crippen molar-refractivity contribution in [2.24, 2.45) is 0 Å². The van der Waals surface area contributed by atoms with Gasteiger partial charge in [0.2, 0.25) is 0 Å². The zero-order chi connectivity index (χ0) is 36.3. The Morgan fingerprint density at radius 2 is 1.41 bits per heavy atom. The van der Waals surface area contributed by atoms with Crippen LogP contribution in [0.2, 0.25) is 5.02 Å². The molecule has 0 unspecified atom stereocenters. The van der Waals surface area contributed by atoms with Gasteiger partial charge in [0.25, 0.3) is 11.8 Å². The van der Waals surface area contributed by atoms with Crippen LogP contribution in [0.5, 0.6) is 34.5 Å². The summed E-state index contributed by atoms with van der Waals surface area (Å²) in [7, 11) is 1.57. The Hall–Kier alpha value is -5.68. The zero-order valence-corrected chi connectivity index (χ0v) is 29.6. The monoisotopic (exact) mass is 714 g/mol. The minimum Gasteiger partial charge on any atom is -0.493 e. The van der Waals surface area contributed by atoms with Crippen LogP contribution in [0.25, 0.3) is 6.08 Å². The van der Waals surface area contributed by atoms with Crippen LogP contribution in [0.1, 0.15) is 43.9 Å². The molecule has 4 aromatic rings. The van der Waals surface area contributed by atoms with Gasteiger partial charge in [0, 0.05) is 6.07 Å². The molecular formula is C39H39ClN2O9. The number of hydrogen-bond donors (Lipinski definition) is 1. The van der Waals surface area contributed by atoms with E-state index in [9.17, 15) is 14.4 Å². The number of halogens is 1. The third-order valence-corrected chi connectivity index (χ3v) is 7.82. The van der Waals surface area contributed by atoms with Gasteiger partial charge < -0.3 is 28.4 Å². The maximum Gasteiger partial charge on any atom is 0.335 e. The molecule has 0 aromatic heterocycles. The molecule has 0 atom stereocenters. The molecule has 0 aliphatic carbocycles. The van der Waals surface area contributed by atoms with Crippen LogP contribution in [-0.2, 0) is 22.8 Å². The number of ether oxygens (including phenoxy) is 6. The number of rotatable bonds is 16. The number of methoxy groups -OCH3 is 1. The number of nitrogens with one attached hydrogen (secondary N) is 1. The van der Waals surface area contributed by atoms with Gasteiger partial charge in [-0.2, -0.15) is 0 Å². The largest absolute Gasteiger partial charge is 0.493 e. The molecule has 4 amide bonds. The van der Waals surface area contributed by atoms with E-state index in [1.54, 1.807) is 38.3 Å². The van der Waals surface area contributed by atoms with Crippen LogP contribution in [0.4, 0.5) is 10.5 Å². The van der Waals surface area contributed by atoms with Crippen LogP contribution in [0.15, 0.2) is 84.4 Å². The van der Waals surface area contributed by atoms with Crippen molar-refractivity contribution in [1.82, 2.24) is 5.32 Å². The molecule has 0 spiro atoms. The van der Waals surface area contributed by atoms with Crippen LogP contribution in [0.3, 0.4) is 0 Å². The molecule has 5 rings (SSSR count). The normalized spacial score (nSPS) is 13.5. The quantitative estimate of drug-likeness (QED) is 0.0917. The first-order chi connectivity index (χ1) is 24.8. The van der Waals surface area contributed by atoms with Gasteiger partial charge in [-0.25, -0.2) is 9.69 Å². The fourth-order valence-electron chi connectivity index (χ4n) is 5.18. The lowest BCUT2D eigenvalue weighted by Gasteiger charge is -2.27. The highest BCUT2D eigenvalue weighted by atomic mass is 35.5. The van der Waals surface area contributed by atoms with Crippen LogP contribution in [0, 0.1) is 0 Å². The first-order valence-electron chi connectivity index (χ1n) is 16.5. The summed E-state index contributed by atoms with van der Waals surface area (Å²) in [5.41, 5.74) is 2.11. The van der Waals surface area contributed by atoms with Crippen molar-refractivity contribution in [2.75, 3.05) is 31.8 Å². The van der Waals surface area contributed by atoms with Crippen molar-refractivity contribution in [2.45, 2.75) is 40.4 Å². The number of barbiturate groups is 1. The molecule has 4 aromatic carbocycles. The summed E-state index contributed by atoms with van der Waals surface area (Å²) in [5, 5.41) is 2.42. The summed E-state index contributed by atoms with van der Waals surface area (Å²) in [5.74, 6) is 0.861. The van der Waals surface area contributed by atoms with E-state index in [0.29, 0.717) is 54.1 Å². The number of imide groups is 2. The van der Waals surface area contributed by atoms with E-state index in [4.69, 9.17) is 40.0 Å². The SMILES string of the molecule is CCCOc1ccc(N2C(=O)NC(=O)/C(=C\c3cc(Cl)c(OCc4ccc(OCc5ccccc5)c(OC)c4)c(OCC)c3)C2=O)cc1OCC. The second-order valence-electron chi connectivity index (χ2n) is 11.2. The average molecular weight is 715 g/mol. The van der Waals surface area contributed by atoms with Crippen molar-refractivity contribution in [3.8, 4) is 34.5 Å². The molecule has 0 radical (unpaired) electrons. The fraction of sp³-hybridized carbons (Fsp3) is 0.256. The van der Waals surface area contributed by atoms with Gasteiger partial charge in [-0.1, -0.05) is 54.9 Å². The molecule has 1 fully saturated rings. The smallest absolute Gasteiger partial charge is 0.335 e. The third kappa shape index (κ3) is 8.92. The highest BCUT2D eigenvalue weighted by molar-refractivity contribution is 6.39. The van der Waals surface area contributed by atoms with Crippen LogP contribution >= 0.6 is 11.6 Å². The van der Waals surface area contributed by atoms with Crippen molar-refractivity contribution in [1.29, 1.82) is 0 Å².